The van der Waals surface area contributed by atoms with Gasteiger partial charge in [-0.1, -0.05) is 55.3 Å². The second kappa shape index (κ2) is 6.36. The predicted molar refractivity (Wildman–Crippen MR) is 89.9 cm³/mol. The molecule has 4 nitrogen and oxygen atoms in total. The third-order valence-corrected chi connectivity index (χ3v) is 5.70. The summed E-state index contributed by atoms with van der Waals surface area (Å²) in [6.45, 7) is 0. The van der Waals surface area contributed by atoms with E-state index in [1.165, 1.54) is 0 Å². The maximum Gasteiger partial charge on any atom is 0.216 e. The topological polar surface area (TPSA) is 72.2 Å². The quantitative estimate of drug-likeness (QED) is 0.910. The number of nitrogens with one attached hydrogen (secondary N) is 1. The molecule has 0 spiro atoms. The molecule has 0 radical (unpaired) electrons. The van der Waals surface area contributed by atoms with Crippen molar-refractivity contribution in [2.45, 2.75) is 43.5 Å². The molecule has 118 valence electrons. The highest BCUT2D eigenvalue weighted by molar-refractivity contribution is 7.88. The molecule has 22 heavy (non-hydrogen) atoms. The molecule has 1 fully saturated rings. The van der Waals surface area contributed by atoms with E-state index in [0.717, 1.165) is 42.0 Å². The lowest BCUT2D eigenvalue weighted by molar-refractivity contribution is 0.361. The Morgan fingerprint density at radius 2 is 1.77 bits per heavy atom. The molecule has 2 atom stereocenters. The zero-order chi connectivity index (χ0) is 15.6. The molecule has 2 unspecified atom stereocenters. The summed E-state index contributed by atoms with van der Waals surface area (Å²) < 4.78 is 27.6. The van der Waals surface area contributed by atoms with Crippen LogP contribution in [0.3, 0.4) is 0 Å². The lowest BCUT2D eigenvalue weighted by Crippen LogP contribution is -2.49. The fourth-order valence-electron chi connectivity index (χ4n) is 3.13. The smallest absolute Gasteiger partial charge is 0.216 e. The van der Waals surface area contributed by atoms with Crippen LogP contribution >= 0.6 is 0 Å². The number of hydrogen-bond acceptors (Lipinski definition) is 3. The number of hydrogen-bond donors (Lipinski definition) is 2. The predicted octanol–water partition coefficient (Wildman–Crippen LogP) is 2.53. The molecule has 0 amide bonds. The molecule has 0 bridgehead atoms. The Morgan fingerprint density at radius 1 is 1.05 bits per heavy atom. The Labute approximate surface area is 131 Å². The van der Waals surface area contributed by atoms with Gasteiger partial charge in [-0.15, -0.1) is 0 Å². The minimum Gasteiger partial charge on any atom is -0.326 e. The third kappa shape index (κ3) is 3.66. The monoisotopic (exact) mass is 318 g/mol. The Hall–Kier alpha value is -1.43. The van der Waals surface area contributed by atoms with E-state index >= 15 is 0 Å². The molecule has 2 aromatic carbocycles. The second-order valence-electron chi connectivity index (χ2n) is 6.11. The Bertz CT molecular complexity index is 758. The largest absolute Gasteiger partial charge is 0.326 e. The van der Waals surface area contributed by atoms with E-state index in [1.807, 2.05) is 42.5 Å². The summed E-state index contributed by atoms with van der Waals surface area (Å²) in [5.74, 6) is 0.00105. The Balaban J connectivity index is 1.74. The van der Waals surface area contributed by atoms with Gasteiger partial charge in [-0.25, -0.2) is 13.1 Å². The molecule has 0 aromatic heterocycles. The van der Waals surface area contributed by atoms with Crippen molar-refractivity contribution in [3.63, 3.8) is 0 Å². The molecule has 3 N–H and O–H groups in total. The molecule has 3 rings (SSSR count). The van der Waals surface area contributed by atoms with E-state index in [2.05, 4.69) is 4.72 Å². The van der Waals surface area contributed by atoms with Gasteiger partial charge in [0.25, 0.3) is 0 Å². The average Bonchev–Trinajstić information content (AvgIpc) is 2.49. The number of sulfonamides is 1. The molecule has 2 aromatic rings. The van der Waals surface area contributed by atoms with Gasteiger partial charge in [0.05, 0.1) is 5.75 Å². The maximum atomic E-state index is 12.4. The summed E-state index contributed by atoms with van der Waals surface area (Å²) in [6.07, 6.45) is 3.85. The first-order valence-corrected chi connectivity index (χ1v) is 9.42. The fourth-order valence-corrected chi connectivity index (χ4v) is 4.58. The Kier molecular flexibility index (Phi) is 4.47. The van der Waals surface area contributed by atoms with Crippen molar-refractivity contribution in [3.05, 3.63) is 48.0 Å². The van der Waals surface area contributed by atoms with Crippen LogP contribution < -0.4 is 10.5 Å². The number of rotatable bonds is 4. The Morgan fingerprint density at radius 3 is 2.55 bits per heavy atom. The van der Waals surface area contributed by atoms with Crippen LogP contribution in [0.25, 0.3) is 10.8 Å². The van der Waals surface area contributed by atoms with E-state index in [4.69, 9.17) is 5.73 Å². The van der Waals surface area contributed by atoms with Crippen molar-refractivity contribution >= 4 is 20.8 Å². The summed E-state index contributed by atoms with van der Waals surface area (Å²) >= 11 is 0. The van der Waals surface area contributed by atoms with Crippen LogP contribution in [0.5, 0.6) is 0 Å². The van der Waals surface area contributed by atoms with Gasteiger partial charge in [-0.05, 0) is 29.2 Å². The summed E-state index contributed by atoms with van der Waals surface area (Å²) in [5, 5.41) is 2.18. The fraction of sp³-hybridized carbons (Fsp3) is 0.412. The lowest BCUT2D eigenvalue weighted by atomic mass is 9.92. The van der Waals surface area contributed by atoms with E-state index in [9.17, 15) is 8.42 Å². The molecular weight excluding hydrogens is 296 g/mol. The van der Waals surface area contributed by atoms with Crippen molar-refractivity contribution in [2.24, 2.45) is 5.73 Å². The maximum absolute atomic E-state index is 12.4. The normalized spacial score (nSPS) is 22.8. The molecule has 0 heterocycles. The molecule has 1 aliphatic rings. The van der Waals surface area contributed by atoms with Crippen LogP contribution in [0.15, 0.2) is 42.5 Å². The van der Waals surface area contributed by atoms with Crippen molar-refractivity contribution in [1.82, 2.24) is 4.72 Å². The first-order valence-electron chi connectivity index (χ1n) is 7.77. The summed E-state index contributed by atoms with van der Waals surface area (Å²) in [4.78, 5) is 0. The highest BCUT2D eigenvalue weighted by Gasteiger charge is 2.26. The highest BCUT2D eigenvalue weighted by atomic mass is 32.2. The minimum absolute atomic E-state index is 0.00105. The third-order valence-electron chi connectivity index (χ3n) is 4.32. The molecule has 5 heteroatoms. The van der Waals surface area contributed by atoms with E-state index in [0.29, 0.717) is 0 Å². The number of fused-ring (bicyclic) bond motifs is 1. The summed E-state index contributed by atoms with van der Waals surface area (Å²) in [6, 6.07) is 13.5. The SMILES string of the molecule is NC1CCCCC1NS(=O)(=O)Cc1ccc2ccccc2c1. The summed E-state index contributed by atoms with van der Waals surface area (Å²) in [5.41, 5.74) is 6.83. The van der Waals surface area contributed by atoms with Gasteiger partial charge in [0.15, 0.2) is 0 Å². The van der Waals surface area contributed by atoms with Crippen LogP contribution in [-0.4, -0.2) is 20.5 Å². The van der Waals surface area contributed by atoms with Crippen molar-refractivity contribution in [2.75, 3.05) is 0 Å². The van der Waals surface area contributed by atoms with Gasteiger partial charge in [-0.2, -0.15) is 0 Å². The zero-order valence-corrected chi connectivity index (χ0v) is 13.4. The molecule has 0 saturated heterocycles. The molecular formula is C17H22N2O2S. The highest BCUT2D eigenvalue weighted by Crippen LogP contribution is 2.20. The van der Waals surface area contributed by atoms with Crippen LogP contribution in [0.4, 0.5) is 0 Å². The van der Waals surface area contributed by atoms with E-state index in [-0.39, 0.29) is 17.8 Å². The van der Waals surface area contributed by atoms with Gasteiger partial charge < -0.3 is 5.73 Å². The standard InChI is InChI=1S/C17H22N2O2S/c18-16-7-3-4-8-17(16)19-22(20,21)12-13-9-10-14-5-1-2-6-15(14)11-13/h1-2,5-6,9-11,16-17,19H,3-4,7-8,12,18H2. The van der Waals surface area contributed by atoms with Crippen LogP contribution in [0.2, 0.25) is 0 Å². The molecule has 0 aliphatic heterocycles. The number of nitrogens with two attached hydrogens (primary N) is 1. The van der Waals surface area contributed by atoms with Gasteiger partial charge in [0.1, 0.15) is 0 Å². The molecule has 1 aliphatic carbocycles. The zero-order valence-electron chi connectivity index (χ0n) is 12.5. The minimum atomic E-state index is -3.37. The van der Waals surface area contributed by atoms with Crippen LogP contribution in [0.1, 0.15) is 31.2 Å². The van der Waals surface area contributed by atoms with Gasteiger partial charge >= 0.3 is 0 Å². The first kappa shape index (κ1) is 15.5. The molecule has 1 saturated carbocycles. The van der Waals surface area contributed by atoms with E-state index in [1.54, 1.807) is 0 Å². The van der Waals surface area contributed by atoms with Gasteiger partial charge in [-0.3, -0.25) is 0 Å². The first-order chi connectivity index (χ1) is 10.5. The van der Waals surface area contributed by atoms with Crippen LogP contribution in [-0.2, 0) is 15.8 Å². The van der Waals surface area contributed by atoms with E-state index < -0.39 is 10.0 Å². The summed E-state index contributed by atoms with van der Waals surface area (Å²) in [7, 11) is -3.37. The van der Waals surface area contributed by atoms with Crippen molar-refractivity contribution in [1.29, 1.82) is 0 Å². The lowest BCUT2D eigenvalue weighted by Gasteiger charge is -2.29. The van der Waals surface area contributed by atoms with Gasteiger partial charge in [0.2, 0.25) is 10.0 Å². The average molecular weight is 318 g/mol. The second-order valence-corrected chi connectivity index (χ2v) is 7.87. The van der Waals surface area contributed by atoms with Gasteiger partial charge in [0, 0.05) is 12.1 Å². The van der Waals surface area contributed by atoms with Crippen molar-refractivity contribution < 1.29 is 8.42 Å². The van der Waals surface area contributed by atoms with Crippen LogP contribution in [0, 0.1) is 0 Å². The van der Waals surface area contributed by atoms with Crippen molar-refractivity contribution in [3.8, 4) is 0 Å². The number of benzene rings is 2.